The van der Waals surface area contributed by atoms with E-state index in [0.717, 1.165) is 65.3 Å². The zero-order valence-corrected chi connectivity index (χ0v) is 32.2. The molecule has 9 nitrogen and oxygen atoms in total. The molecule has 1 amide bonds. The van der Waals surface area contributed by atoms with Crippen molar-refractivity contribution in [2.45, 2.75) is 16.2 Å². The van der Waals surface area contributed by atoms with Crippen LogP contribution in [0.5, 0.6) is 17.2 Å². The lowest BCUT2D eigenvalue weighted by molar-refractivity contribution is -0.126. The Morgan fingerprint density at radius 2 is 1.31 bits per heavy atom. The molecule has 9 rings (SSSR count). The number of carbonyl (C=O) groups excluding carboxylic acids is 1. The van der Waals surface area contributed by atoms with Crippen LogP contribution in [-0.4, -0.2) is 61.2 Å². The molecule has 2 unspecified atom stereocenters. The van der Waals surface area contributed by atoms with E-state index in [-0.39, 0.29) is 5.91 Å². The molecule has 0 aliphatic carbocycles. The number of phosphoric acid groups is 1. The molecular formula is C44H39N2O7PS. The lowest BCUT2D eigenvalue weighted by atomic mass is 9.92. The van der Waals surface area contributed by atoms with Gasteiger partial charge in [0.25, 0.3) is 5.91 Å². The van der Waals surface area contributed by atoms with Crippen molar-refractivity contribution < 1.29 is 33.1 Å². The molecule has 11 heteroatoms. The average molecular weight is 771 g/mol. The zero-order valence-electron chi connectivity index (χ0n) is 30.5. The molecule has 2 atom stereocenters. The number of aliphatic hydroxyl groups is 1. The molecule has 55 heavy (non-hydrogen) atoms. The second kappa shape index (κ2) is 15.1. The van der Waals surface area contributed by atoms with Gasteiger partial charge < -0.3 is 28.7 Å². The third-order valence-electron chi connectivity index (χ3n) is 9.87. The van der Waals surface area contributed by atoms with Crippen LogP contribution in [0.15, 0.2) is 138 Å². The van der Waals surface area contributed by atoms with E-state index >= 15 is 0 Å². The number of nitrogens with zero attached hydrogens (tertiary/aromatic N) is 2. The summed E-state index contributed by atoms with van der Waals surface area (Å²) in [5.74, 6) is 1.17. The Morgan fingerprint density at radius 1 is 0.745 bits per heavy atom. The lowest BCUT2D eigenvalue weighted by Crippen LogP contribution is -2.45. The third-order valence-corrected chi connectivity index (χ3v) is 12.1. The fourth-order valence-corrected chi connectivity index (χ4v) is 9.38. The summed E-state index contributed by atoms with van der Waals surface area (Å²) in [5.41, 5.74) is 3.30. The van der Waals surface area contributed by atoms with Crippen LogP contribution in [-0.2, 0) is 9.36 Å². The number of amides is 1. The van der Waals surface area contributed by atoms with Gasteiger partial charge in [0.15, 0.2) is 0 Å². The Labute approximate surface area is 323 Å². The molecule has 2 heterocycles. The first-order valence-corrected chi connectivity index (χ1v) is 20.2. The number of aliphatic hydroxyl groups excluding tert-OH is 1. The molecule has 0 radical (unpaired) electrons. The minimum atomic E-state index is -4.25. The van der Waals surface area contributed by atoms with Gasteiger partial charge in [-0.2, -0.15) is 0 Å². The second-order valence-corrected chi connectivity index (χ2v) is 16.1. The van der Waals surface area contributed by atoms with Gasteiger partial charge in [-0.15, -0.1) is 11.8 Å². The first kappa shape index (κ1) is 36.6. The maximum Gasteiger partial charge on any atom is 0.584 e. The van der Waals surface area contributed by atoms with Crippen LogP contribution in [0.4, 0.5) is 5.69 Å². The Balaban J connectivity index is 0.000000158. The minimum Gasteiger partial charge on any atom is -0.497 e. The van der Waals surface area contributed by atoms with Crippen LogP contribution in [0.2, 0.25) is 0 Å². The van der Waals surface area contributed by atoms with Crippen molar-refractivity contribution in [3.63, 3.8) is 0 Å². The topological polar surface area (TPSA) is 109 Å². The van der Waals surface area contributed by atoms with Gasteiger partial charge in [0.1, 0.15) is 23.4 Å². The lowest BCUT2D eigenvalue weighted by Gasteiger charge is -2.33. The van der Waals surface area contributed by atoms with Crippen molar-refractivity contribution in [1.82, 2.24) is 4.90 Å². The monoisotopic (exact) mass is 770 g/mol. The highest BCUT2D eigenvalue weighted by Crippen LogP contribution is 2.56. The van der Waals surface area contributed by atoms with Gasteiger partial charge in [0, 0.05) is 34.5 Å². The van der Waals surface area contributed by atoms with Crippen LogP contribution < -0.4 is 18.7 Å². The predicted molar refractivity (Wildman–Crippen MR) is 220 cm³/mol. The fourth-order valence-electron chi connectivity index (χ4n) is 7.23. The smallest absolute Gasteiger partial charge is 0.497 e. The molecule has 0 aromatic heterocycles. The van der Waals surface area contributed by atoms with Crippen molar-refractivity contribution in [2.24, 2.45) is 0 Å². The van der Waals surface area contributed by atoms with Gasteiger partial charge in [-0.05, 0) is 83.0 Å². The Morgan fingerprint density at radius 3 is 1.89 bits per heavy atom. The summed E-state index contributed by atoms with van der Waals surface area (Å²) in [7, 11) is 1.34. The molecule has 0 bridgehead atoms. The van der Waals surface area contributed by atoms with E-state index in [0.29, 0.717) is 24.6 Å². The van der Waals surface area contributed by atoms with Crippen molar-refractivity contribution >= 4 is 63.5 Å². The average Bonchev–Trinajstić information content (AvgIpc) is 3.32. The van der Waals surface area contributed by atoms with Crippen molar-refractivity contribution in [1.29, 1.82) is 0 Å². The summed E-state index contributed by atoms with van der Waals surface area (Å²) in [4.78, 5) is 28.4. The van der Waals surface area contributed by atoms with E-state index in [9.17, 15) is 19.4 Å². The number of fused-ring (bicyclic) bond motifs is 7. The predicted octanol–water partition coefficient (Wildman–Crippen LogP) is 9.48. The Hall–Kier alpha value is -5.35. The SMILES string of the molecule is COc1ccc(C2Sc3cccc4cccc(c34)N(CCN(C)C)C(=O)C2O)cc1.O=P1(O)Oc2ccc3ccccc3c2-c2c(ccc3ccccc23)O1. The maximum absolute atomic E-state index is 13.5. The van der Waals surface area contributed by atoms with E-state index in [4.69, 9.17) is 13.8 Å². The molecule has 0 saturated carbocycles. The van der Waals surface area contributed by atoms with Crippen LogP contribution >= 0.6 is 19.6 Å². The molecule has 0 spiro atoms. The summed E-state index contributed by atoms with van der Waals surface area (Å²) in [5, 5.41) is 16.9. The van der Waals surface area contributed by atoms with E-state index in [2.05, 4.69) is 18.2 Å². The van der Waals surface area contributed by atoms with Crippen molar-refractivity contribution in [3.05, 3.63) is 139 Å². The number of anilines is 1. The molecule has 278 valence electrons. The molecule has 7 aromatic rings. The number of ether oxygens (including phenoxy) is 1. The first-order valence-electron chi connectivity index (χ1n) is 17.8. The van der Waals surface area contributed by atoms with Gasteiger partial charge in [-0.1, -0.05) is 97.1 Å². The zero-order chi connectivity index (χ0) is 38.3. The molecule has 0 fully saturated rings. The first-order chi connectivity index (χ1) is 26.6. The molecule has 7 aromatic carbocycles. The number of hydrogen-bond donors (Lipinski definition) is 2. The number of likely N-dealkylation sites (N-methyl/N-ethyl adjacent to an activating group) is 1. The number of rotatable bonds is 5. The van der Waals surface area contributed by atoms with Gasteiger partial charge in [-0.3, -0.25) is 9.69 Å². The number of carbonyl (C=O) groups is 1. The van der Waals surface area contributed by atoms with E-state index in [1.807, 2.05) is 122 Å². The summed E-state index contributed by atoms with van der Waals surface area (Å²) >= 11 is 1.54. The molecule has 2 N–H and O–H groups in total. The highest BCUT2D eigenvalue weighted by molar-refractivity contribution is 7.99. The standard InChI is InChI=1S/C24H26N2O3S.C20H13O4P/c1-25(2)14-15-26-19-8-4-6-16-7-5-9-20(21(16)19)30-23(22(27)24(26)28)17-10-12-18(29-3)13-11-17;21-25(22)23-17-11-9-13-5-1-3-7-15(13)19(17)20-16-8-4-2-6-14(16)10-12-18(20)24-25/h4-13,22-23,27H,14-15H2,1-3H3;1-12H,(H,21,22). The van der Waals surface area contributed by atoms with Crippen LogP contribution in [0.3, 0.4) is 0 Å². The highest BCUT2D eigenvalue weighted by Gasteiger charge is 2.36. The summed E-state index contributed by atoms with van der Waals surface area (Å²) in [6.07, 6.45) is -1.16. The van der Waals surface area contributed by atoms with Crippen LogP contribution in [0, 0.1) is 0 Å². The highest BCUT2D eigenvalue weighted by atomic mass is 32.2. The Bertz CT molecular complexity index is 2520. The van der Waals surface area contributed by atoms with Gasteiger partial charge in [0.2, 0.25) is 0 Å². The van der Waals surface area contributed by atoms with Crippen LogP contribution in [0.25, 0.3) is 43.4 Å². The molecule has 2 aliphatic heterocycles. The van der Waals surface area contributed by atoms with E-state index < -0.39 is 19.2 Å². The second-order valence-electron chi connectivity index (χ2n) is 13.7. The molecule has 0 saturated heterocycles. The normalized spacial score (nSPS) is 17.2. The summed E-state index contributed by atoms with van der Waals surface area (Å²) in [6.45, 7) is 1.22. The largest absolute Gasteiger partial charge is 0.584 e. The summed E-state index contributed by atoms with van der Waals surface area (Å²) in [6, 6.07) is 42.7. The van der Waals surface area contributed by atoms with E-state index in [1.54, 1.807) is 24.1 Å². The van der Waals surface area contributed by atoms with Gasteiger partial charge in [-0.25, -0.2) is 4.57 Å². The van der Waals surface area contributed by atoms with Crippen molar-refractivity contribution in [2.75, 3.05) is 39.2 Å². The van der Waals surface area contributed by atoms with Gasteiger partial charge >= 0.3 is 7.82 Å². The van der Waals surface area contributed by atoms with Gasteiger partial charge in [0.05, 0.1) is 18.0 Å². The number of methoxy groups -OCH3 is 1. The minimum absolute atomic E-state index is 0.271. The number of benzene rings is 7. The summed E-state index contributed by atoms with van der Waals surface area (Å²) < 4.78 is 28.4. The number of hydrogen-bond acceptors (Lipinski definition) is 8. The number of phosphoric ester groups is 1. The Kier molecular flexibility index (Phi) is 10.0. The fraction of sp³-hybridized carbons (Fsp3) is 0.159. The maximum atomic E-state index is 13.5. The quantitative estimate of drug-likeness (QED) is 0.166. The van der Waals surface area contributed by atoms with E-state index in [1.165, 1.54) is 11.8 Å². The van der Waals surface area contributed by atoms with Crippen LogP contribution in [0.1, 0.15) is 10.8 Å². The van der Waals surface area contributed by atoms with Crippen molar-refractivity contribution in [3.8, 4) is 28.4 Å². The number of thioether (sulfide) groups is 1. The molecule has 2 aliphatic rings. The molecular weight excluding hydrogens is 732 g/mol. The third kappa shape index (κ3) is 7.15.